The Morgan fingerprint density at radius 3 is 2.55 bits per heavy atom. The summed E-state index contributed by atoms with van der Waals surface area (Å²) in [5, 5.41) is 15.6. The van der Waals surface area contributed by atoms with Gasteiger partial charge in [-0.1, -0.05) is 23.3 Å². The molecule has 0 radical (unpaired) electrons. The van der Waals surface area contributed by atoms with E-state index in [0.717, 1.165) is 44.3 Å². The van der Waals surface area contributed by atoms with E-state index in [-0.39, 0.29) is 27.1 Å². The Hall–Kier alpha value is -1.77. The molecule has 0 bridgehead atoms. The molecule has 0 aromatic heterocycles. The van der Waals surface area contributed by atoms with Crippen LogP contribution in [-0.2, 0) is 9.84 Å². The largest absolute Gasteiger partial charge is 0.504 e. The number of aromatic hydroxyl groups is 1. The number of carbonyl (C=O) groups is 1. The van der Waals surface area contributed by atoms with Crippen molar-refractivity contribution in [1.29, 1.82) is 0 Å². The van der Waals surface area contributed by atoms with Crippen LogP contribution in [-0.4, -0.2) is 55.9 Å². The van der Waals surface area contributed by atoms with Crippen LogP contribution in [0.2, 0.25) is 5.02 Å². The second-order valence-corrected chi connectivity index (χ2v) is 11.9. The minimum atomic E-state index is -3.82. The average molecular weight is 468 g/mol. The van der Waals surface area contributed by atoms with Gasteiger partial charge in [-0.15, -0.1) is 0 Å². The first-order chi connectivity index (χ1) is 14.6. The van der Waals surface area contributed by atoms with Crippen molar-refractivity contribution in [2.75, 3.05) is 25.5 Å². The zero-order chi connectivity index (χ0) is 22.4. The SMILES string of the molecule is CC1=CCCC1NC(=O)Nc1ccc(Cl)c(S(=O)(=O)C2CC3(CCN(C)CC3)C2)c1O. The van der Waals surface area contributed by atoms with Gasteiger partial charge in [-0.25, -0.2) is 13.2 Å². The lowest BCUT2D eigenvalue weighted by atomic mass is 9.63. The third-order valence-corrected chi connectivity index (χ3v) is 9.82. The van der Waals surface area contributed by atoms with E-state index in [2.05, 4.69) is 28.7 Å². The van der Waals surface area contributed by atoms with Crippen molar-refractivity contribution >= 4 is 33.2 Å². The number of halogens is 1. The fraction of sp³-hybridized carbons (Fsp3) is 0.591. The first-order valence-electron chi connectivity index (χ1n) is 10.8. The van der Waals surface area contributed by atoms with Gasteiger partial charge in [0.25, 0.3) is 0 Å². The Morgan fingerprint density at radius 2 is 1.94 bits per heavy atom. The number of hydrogen-bond donors (Lipinski definition) is 3. The summed E-state index contributed by atoms with van der Waals surface area (Å²) in [6, 6.07) is 2.29. The molecule has 1 saturated heterocycles. The van der Waals surface area contributed by atoms with Gasteiger partial charge in [-0.3, -0.25) is 0 Å². The normalized spacial score (nSPS) is 24.0. The van der Waals surface area contributed by atoms with E-state index in [9.17, 15) is 18.3 Å². The van der Waals surface area contributed by atoms with E-state index in [1.807, 2.05) is 6.92 Å². The zero-order valence-electron chi connectivity index (χ0n) is 17.9. The summed E-state index contributed by atoms with van der Waals surface area (Å²) in [4.78, 5) is 14.4. The number of rotatable bonds is 4. The predicted octanol–water partition coefficient (Wildman–Crippen LogP) is 3.92. The van der Waals surface area contributed by atoms with E-state index < -0.39 is 26.9 Å². The highest BCUT2D eigenvalue weighted by molar-refractivity contribution is 7.92. The van der Waals surface area contributed by atoms with Crippen molar-refractivity contribution in [3.63, 3.8) is 0 Å². The van der Waals surface area contributed by atoms with Gasteiger partial charge in [-0.05, 0) is 83.1 Å². The molecule has 9 heteroatoms. The fourth-order valence-corrected chi connectivity index (χ4v) is 7.74. The van der Waals surface area contributed by atoms with Crippen LogP contribution in [0, 0.1) is 5.41 Å². The molecule has 2 aliphatic carbocycles. The highest BCUT2D eigenvalue weighted by Gasteiger charge is 2.51. The van der Waals surface area contributed by atoms with Gasteiger partial charge in [0.05, 0.1) is 22.0 Å². The van der Waals surface area contributed by atoms with E-state index in [1.165, 1.54) is 12.1 Å². The third kappa shape index (κ3) is 4.30. The molecule has 1 aliphatic heterocycles. The maximum Gasteiger partial charge on any atom is 0.319 e. The summed E-state index contributed by atoms with van der Waals surface area (Å²) >= 11 is 6.22. The molecule has 3 N–H and O–H groups in total. The molecular weight excluding hydrogens is 438 g/mol. The van der Waals surface area contributed by atoms with Gasteiger partial charge in [0.1, 0.15) is 4.90 Å². The van der Waals surface area contributed by atoms with Crippen LogP contribution in [0.3, 0.4) is 0 Å². The smallest absolute Gasteiger partial charge is 0.319 e. The first kappa shape index (κ1) is 22.4. The van der Waals surface area contributed by atoms with Crippen LogP contribution in [0.4, 0.5) is 10.5 Å². The number of phenolic OH excluding ortho intramolecular Hbond substituents is 1. The second kappa shape index (κ2) is 8.30. The van der Waals surface area contributed by atoms with E-state index in [1.54, 1.807) is 0 Å². The third-order valence-electron chi connectivity index (χ3n) is 7.20. The topological polar surface area (TPSA) is 98.7 Å². The molecule has 1 unspecified atom stereocenters. The molecule has 1 spiro atoms. The number of urea groups is 1. The number of amides is 2. The van der Waals surface area contributed by atoms with Crippen molar-refractivity contribution in [3.05, 3.63) is 28.8 Å². The number of nitrogens with one attached hydrogen (secondary N) is 2. The van der Waals surface area contributed by atoms with Crippen molar-refractivity contribution in [2.24, 2.45) is 5.41 Å². The number of allylic oxidation sites excluding steroid dienone is 1. The van der Waals surface area contributed by atoms with Gasteiger partial charge < -0.3 is 20.6 Å². The monoisotopic (exact) mass is 467 g/mol. The molecular formula is C22H30ClN3O4S. The molecule has 1 aromatic rings. The number of likely N-dealkylation sites (tertiary alicyclic amines) is 1. The summed E-state index contributed by atoms with van der Waals surface area (Å²) in [5.74, 6) is -0.495. The summed E-state index contributed by atoms with van der Waals surface area (Å²) in [7, 11) is -1.74. The molecule has 1 heterocycles. The summed E-state index contributed by atoms with van der Waals surface area (Å²) in [5.41, 5.74) is 1.20. The van der Waals surface area contributed by atoms with Crippen LogP contribution < -0.4 is 10.6 Å². The number of phenols is 1. The van der Waals surface area contributed by atoms with E-state index >= 15 is 0 Å². The van der Waals surface area contributed by atoms with Crippen molar-refractivity contribution in [1.82, 2.24) is 10.2 Å². The Bertz CT molecular complexity index is 1010. The summed E-state index contributed by atoms with van der Waals surface area (Å²) in [6.45, 7) is 3.91. The summed E-state index contributed by atoms with van der Waals surface area (Å²) < 4.78 is 26.6. The van der Waals surface area contributed by atoms with Crippen molar-refractivity contribution in [2.45, 2.75) is 61.6 Å². The minimum Gasteiger partial charge on any atom is -0.504 e. The van der Waals surface area contributed by atoms with Crippen LogP contribution in [0.25, 0.3) is 0 Å². The number of sulfone groups is 1. The van der Waals surface area contributed by atoms with Crippen LogP contribution in [0.1, 0.15) is 45.4 Å². The second-order valence-electron chi connectivity index (χ2n) is 9.33. The lowest BCUT2D eigenvalue weighted by Crippen LogP contribution is -2.50. The number of piperidine rings is 1. The Balaban J connectivity index is 1.49. The molecule has 2 fully saturated rings. The fourth-order valence-electron chi connectivity index (χ4n) is 5.06. The lowest BCUT2D eigenvalue weighted by Gasteiger charge is -2.51. The number of benzene rings is 1. The number of nitrogens with zero attached hydrogens (tertiary/aromatic N) is 1. The van der Waals surface area contributed by atoms with Gasteiger partial charge in [0.15, 0.2) is 15.6 Å². The number of hydrogen-bond acceptors (Lipinski definition) is 5. The molecule has 7 nitrogen and oxygen atoms in total. The van der Waals surface area contributed by atoms with Crippen molar-refractivity contribution < 1.29 is 18.3 Å². The quantitative estimate of drug-likeness (QED) is 0.460. The van der Waals surface area contributed by atoms with Crippen LogP contribution >= 0.6 is 11.6 Å². The maximum absolute atomic E-state index is 13.3. The Kier molecular flexibility index (Phi) is 6.00. The Morgan fingerprint density at radius 1 is 1.26 bits per heavy atom. The highest BCUT2D eigenvalue weighted by atomic mass is 35.5. The zero-order valence-corrected chi connectivity index (χ0v) is 19.5. The predicted molar refractivity (Wildman–Crippen MR) is 121 cm³/mol. The standard InChI is InChI=1S/C22H30ClN3O4S/c1-14-4-3-5-17(14)24-21(28)25-18-7-6-16(23)20(19(18)27)31(29,30)15-12-22(13-15)8-10-26(2)11-9-22/h4,6-7,15,17,27H,3,5,8-13H2,1-2H3,(H2,24,25,28). The van der Waals surface area contributed by atoms with Crippen LogP contribution in [0.5, 0.6) is 5.75 Å². The number of anilines is 1. The summed E-state index contributed by atoms with van der Waals surface area (Å²) in [6.07, 6.45) is 6.97. The van der Waals surface area contributed by atoms with Gasteiger partial charge in [0.2, 0.25) is 0 Å². The molecule has 170 valence electrons. The van der Waals surface area contributed by atoms with Gasteiger partial charge >= 0.3 is 6.03 Å². The lowest BCUT2D eigenvalue weighted by molar-refractivity contribution is 0.0464. The average Bonchev–Trinajstić information content (AvgIpc) is 3.07. The molecule has 4 rings (SSSR count). The molecule has 3 aliphatic rings. The minimum absolute atomic E-state index is 0.0256. The molecule has 1 atom stereocenters. The molecule has 1 saturated carbocycles. The van der Waals surface area contributed by atoms with E-state index in [4.69, 9.17) is 11.6 Å². The molecule has 2 amide bonds. The van der Waals surface area contributed by atoms with E-state index in [0.29, 0.717) is 12.8 Å². The maximum atomic E-state index is 13.3. The Labute approximate surface area is 188 Å². The molecule has 1 aromatic carbocycles. The highest BCUT2D eigenvalue weighted by Crippen LogP contribution is 2.54. The van der Waals surface area contributed by atoms with Crippen molar-refractivity contribution in [3.8, 4) is 5.75 Å². The first-order valence-corrected chi connectivity index (χ1v) is 12.7. The van der Waals surface area contributed by atoms with Crippen LogP contribution in [0.15, 0.2) is 28.7 Å². The van der Waals surface area contributed by atoms with Gasteiger partial charge in [-0.2, -0.15) is 0 Å². The molecule has 31 heavy (non-hydrogen) atoms. The number of carbonyl (C=O) groups excluding carboxylic acids is 1. The van der Waals surface area contributed by atoms with Gasteiger partial charge in [0, 0.05) is 0 Å².